The van der Waals surface area contributed by atoms with Crippen molar-refractivity contribution in [1.82, 2.24) is 10.6 Å². The molecule has 1 aromatic carbocycles. The third-order valence-electron chi connectivity index (χ3n) is 2.45. The third-order valence-corrected chi connectivity index (χ3v) is 2.45. The van der Waals surface area contributed by atoms with Crippen LogP contribution in [-0.4, -0.2) is 49.2 Å². The van der Waals surface area contributed by atoms with Crippen LogP contribution in [0.1, 0.15) is 10.4 Å². The summed E-state index contributed by atoms with van der Waals surface area (Å²) < 4.78 is 4.40. The Morgan fingerprint density at radius 1 is 1.25 bits per heavy atom. The lowest BCUT2D eigenvalue weighted by molar-refractivity contribution is -0.146. The number of rotatable bonds is 6. The van der Waals surface area contributed by atoms with E-state index in [1.54, 1.807) is 30.3 Å². The highest BCUT2D eigenvalue weighted by Crippen LogP contribution is 1.97. The molecule has 0 aliphatic rings. The molecule has 2 amide bonds. The smallest absolute Gasteiger partial charge is 0.330 e. The van der Waals surface area contributed by atoms with Crippen LogP contribution in [0.4, 0.5) is 0 Å². The predicted octanol–water partition coefficient (Wildman–Crippen LogP) is -0.933. The molecule has 0 spiro atoms. The van der Waals surface area contributed by atoms with E-state index in [-0.39, 0.29) is 6.54 Å². The minimum absolute atomic E-state index is 0.304. The molecule has 1 rings (SSSR count). The second-order valence-electron chi connectivity index (χ2n) is 3.87. The number of aliphatic hydroxyl groups is 1. The number of amides is 2. The van der Waals surface area contributed by atoms with Gasteiger partial charge in [-0.05, 0) is 12.1 Å². The van der Waals surface area contributed by atoms with Gasteiger partial charge in [0.25, 0.3) is 5.91 Å². The maximum absolute atomic E-state index is 11.7. The van der Waals surface area contributed by atoms with E-state index >= 15 is 0 Å². The van der Waals surface area contributed by atoms with Crippen LogP contribution in [0, 0.1) is 0 Å². The molecule has 20 heavy (non-hydrogen) atoms. The van der Waals surface area contributed by atoms with Gasteiger partial charge in [0.05, 0.1) is 20.3 Å². The van der Waals surface area contributed by atoms with Crippen LogP contribution >= 0.6 is 0 Å². The molecule has 0 bridgehead atoms. The molecule has 1 aromatic rings. The lowest BCUT2D eigenvalue weighted by Gasteiger charge is -2.14. The predicted molar refractivity (Wildman–Crippen MR) is 69.8 cm³/mol. The molecule has 0 saturated heterocycles. The zero-order valence-corrected chi connectivity index (χ0v) is 11.0. The van der Waals surface area contributed by atoms with Crippen molar-refractivity contribution < 1.29 is 24.2 Å². The van der Waals surface area contributed by atoms with Gasteiger partial charge in [0.1, 0.15) is 0 Å². The van der Waals surface area contributed by atoms with E-state index in [2.05, 4.69) is 15.4 Å². The highest BCUT2D eigenvalue weighted by molar-refractivity contribution is 5.96. The Morgan fingerprint density at radius 2 is 1.90 bits per heavy atom. The summed E-state index contributed by atoms with van der Waals surface area (Å²) in [5, 5.41) is 13.6. The van der Waals surface area contributed by atoms with Gasteiger partial charge >= 0.3 is 5.97 Å². The molecule has 0 radical (unpaired) electrons. The van der Waals surface area contributed by atoms with E-state index in [0.29, 0.717) is 5.56 Å². The Bertz CT molecular complexity index is 475. The summed E-state index contributed by atoms with van der Waals surface area (Å²) in [6.07, 6.45) is 0. The molecule has 0 fully saturated rings. The highest BCUT2D eigenvalue weighted by Gasteiger charge is 2.20. The Hall–Kier alpha value is -2.41. The molecular formula is C13H16N2O5. The number of carbonyl (C=O) groups excluding carboxylic acids is 3. The van der Waals surface area contributed by atoms with E-state index in [9.17, 15) is 14.4 Å². The van der Waals surface area contributed by atoms with Crippen molar-refractivity contribution in [3.63, 3.8) is 0 Å². The van der Waals surface area contributed by atoms with Gasteiger partial charge in [-0.2, -0.15) is 0 Å². The van der Waals surface area contributed by atoms with Crippen molar-refractivity contribution >= 4 is 17.8 Å². The first-order valence-corrected chi connectivity index (χ1v) is 5.89. The van der Waals surface area contributed by atoms with E-state index in [1.165, 1.54) is 0 Å². The maximum atomic E-state index is 11.7. The summed E-state index contributed by atoms with van der Waals surface area (Å²) in [5.41, 5.74) is 0.423. The molecule has 7 heteroatoms. The fourth-order valence-corrected chi connectivity index (χ4v) is 1.42. The zero-order chi connectivity index (χ0) is 15.0. The van der Waals surface area contributed by atoms with Crippen LogP contribution in [0.25, 0.3) is 0 Å². The fourth-order valence-electron chi connectivity index (χ4n) is 1.42. The molecule has 1 atom stereocenters. The summed E-state index contributed by atoms with van der Waals surface area (Å²) in [5.74, 6) is -1.76. The number of hydrogen-bond donors (Lipinski definition) is 3. The summed E-state index contributed by atoms with van der Waals surface area (Å²) >= 11 is 0. The van der Waals surface area contributed by atoms with Gasteiger partial charge in [-0.25, -0.2) is 4.79 Å². The summed E-state index contributed by atoms with van der Waals surface area (Å²) in [4.78, 5) is 34.3. The zero-order valence-electron chi connectivity index (χ0n) is 11.0. The first kappa shape index (κ1) is 15.6. The normalized spacial score (nSPS) is 11.3. The molecule has 0 unspecified atom stereocenters. The second-order valence-corrected chi connectivity index (χ2v) is 3.87. The molecule has 0 aromatic heterocycles. The largest absolute Gasteiger partial charge is 0.467 e. The number of methoxy groups -OCH3 is 1. The van der Waals surface area contributed by atoms with Crippen LogP contribution in [0.2, 0.25) is 0 Å². The molecule has 0 heterocycles. The Morgan fingerprint density at radius 3 is 2.45 bits per heavy atom. The number of esters is 1. The van der Waals surface area contributed by atoms with Gasteiger partial charge < -0.3 is 20.5 Å². The summed E-state index contributed by atoms with van der Waals surface area (Å²) in [7, 11) is 1.15. The van der Waals surface area contributed by atoms with Gasteiger partial charge in [-0.1, -0.05) is 18.2 Å². The topological polar surface area (TPSA) is 105 Å². The molecule has 0 saturated carbocycles. The van der Waals surface area contributed by atoms with Crippen molar-refractivity contribution in [2.24, 2.45) is 0 Å². The van der Waals surface area contributed by atoms with Gasteiger partial charge in [-0.3, -0.25) is 9.59 Å². The summed E-state index contributed by atoms with van der Waals surface area (Å²) in [6, 6.07) is 7.26. The van der Waals surface area contributed by atoms with E-state index < -0.39 is 30.4 Å². The fraction of sp³-hybridized carbons (Fsp3) is 0.308. The number of carbonyl (C=O) groups is 3. The Balaban J connectivity index is 2.43. The lowest BCUT2D eigenvalue weighted by Crippen LogP contribution is -2.47. The number of benzene rings is 1. The third kappa shape index (κ3) is 4.69. The van der Waals surface area contributed by atoms with E-state index in [0.717, 1.165) is 7.11 Å². The molecule has 0 aliphatic heterocycles. The van der Waals surface area contributed by atoms with Crippen molar-refractivity contribution in [2.75, 3.05) is 20.3 Å². The Kier molecular flexibility index (Phi) is 6.18. The van der Waals surface area contributed by atoms with Gasteiger partial charge in [0.15, 0.2) is 6.04 Å². The van der Waals surface area contributed by atoms with Crippen molar-refractivity contribution in [3.8, 4) is 0 Å². The number of hydrogen-bond acceptors (Lipinski definition) is 5. The number of nitrogens with one attached hydrogen (secondary N) is 2. The minimum Gasteiger partial charge on any atom is -0.467 e. The van der Waals surface area contributed by atoms with Crippen LogP contribution in [0.5, 0.6) is 0 Å². The number of ether oxygens (including phenoxy) is 1. The quantitative estimate of drug-likeness (QED) is 0.584. The van der Waals surface area contributed by atoms with Crippen LogP contribution in [-0.2, 0) is 14.3 Å². The Labute approximate surface area is 115 Å². The van der Waals surface area contributed by atoms with Crippen LogP contribution < -0.4 is 10.6 Å². The molecule has 0 aliphatic carbocycles. The maximum Gasteiger partial charge on any atom is 0.330 e. The first-order valence-electron chi connectivity index (χ1n) is 5.89. The lowest BCUT2D eigenvalue weighted by atomic mass is 10.2. The van der Waals surface area contributed by atoms with E-state index in [1.807, 2.05) is 0 Å². The molecule has 3 N–H and O–H groups in total. The van der Waals surface area contributed by atoms with Crippen molar-refractivity contribution in [2.45, 2.75) is 6.04 Å². The van der Waals surface area contributed by atoms with Crippen LogP contribution in [0.3, 0.4) is 0 Å². The molecule has 7 nitrogen and oxygen atoms in total. The molecular weight excluding hydrogens is 264 g/mol. The van der Waals surface area contributed by atoms with Crippen LogP contribution in [0.15, 0.2) is 30.3 Å². The monoisotopic (exact) mass is 280 g/mol. The van der Waals surface area contributed by atoms with Gasteiger partial charge in [0, 0.05) is 5.56 Å². The minimum atomic E-state index is -1.14. The van der Waals surface area contributed by atoms with Crippen molar-refractivity contribution in [3.05, 3.63) is 35.9 Å². The highest BCUT2D eigenvalue weighted by atomic mass is 16.5. The number of aliphatic hydroxyl groups excluding tert-OH is 1. The summed E-state index contributed by atoms with van der Waals surface area (Å²) in [6.45, 7) is -0.883. The van der Waals surface area contributed by atoms with Crippen molar-refractivity contribution in [1.29, 1.82) is 0 Å². The van der Waals surface area contributed by atoms with Gasteiger partial charge in [0.2, 0.25) is 5.91 Å². The SMILES string of the molecule is COC(=O)[C@@H](CO)NC(=O)CNC(=O)c1ccccc1. The average Bonchev–Trinajstić information content (AvgIpc) is 2.50. The first-order chi connectivity index (χ1) is 9.58. The van der Waals surface area contributed by atoms with Gasteiger partial charge in [-0.15, -0.1) is 0 Å². The van der Waals surface area contributed by atoms with E-state index in [4.69, 9.17) is 5.11 Å². The average molecular weight is 280 g/mol. The second kappa shape index (κ2) is 7.90. The standard InChI is InChI=1S/C13H16N2O5/c1-20-13(19)10(8-16)15-11(17)7-14-12(18)9-5-3-2-4-6-9/h2-6,10,16H,7-8H2,1H3,(H,14,18)(H,15,17)/t10-/m1/s1. The molecule has 108 valence electrons.